The third kappa shape index (κ3) is 3.35. The predicted molar refractivity (Wildman–Crippen MR) is 94.6 cm³/mol. The Morgan fingerprint density at radius 1 is 1.35 bits per heavy atom. The van der Waals surface area contributed by atoms with Gasteiger partial charge in [-0.1, -0.05) is 0 Å². The van der Waals surface area contributed by atoms with Crippen LogP contribution in [0.5, 0.6) is 5.75 Å². The Labute approximate surface area is 141 Å². The fourth-order valence-corrected chi connectivity index (χ4v) is 3.98. The van der Waals surface area contributed by atoms with Gasteiger partial charge >= 0.3 is 0 Å². The molecule has 0 amide bonds. The van der Waals surface area contributed by atoms with Crippen molar-refractivity contribution in [1.29, 1.82) is 0 Å². The summed E-state index contributed by atoms with van der Waals surface area (Å²) in [6.45, 7) is 8.83. The lowest BCUT2D eigenvalue weighted by Crippen LogP contribution is -2.45. The highest BCUT2D eigenvalue weighted by atomic mass is 32.2. The topological polar surface area (TPSA) is 45.8 Å². The minimum Gasteiger partial charge on any atom is -0.488 e. The van der Waals surface area contributed by atoms with Gasteiger partial charge < -0.3 is 19.2 Å². The molecule has 2 aromatic rings. The number of benzene rings is 1. The van der Waals surface area contributed by atoms with Crippen LogP contribution in [0.4, 0.5) is 0 Å². The lowest BCUT2D eigenvalue weighted by Gasteiger charge is -2.37. The van der Waals surface area contributed by atoms with E-state index >= 15 is 0 Å². The number of furan rings is 1. The SMILES string of the molecule is Cc1cc2cc(OCC3=CN(C(C)(C)CO)C(C)S3)ccc2o1. The molecule has 1 N–H and O–H groups in total. The number of nitrogens with zero attached hydrogens (tertiary/aromatic N) is 1. The Balaban J connectivity index is 1.68. The molecular formula is C18H23NO3S. The predicted octanol–water partition coefficient (Wildman–Crippen LogP) is 4.13. The van der Waals surface area contributed by atoms with Crippen molar-refractivity contribution in [2.45, 2.75) is 38.6 Å². The van der Waals surface area contributed by atoms with Gasteiger partial charge in [-0.2, -0.15) is 0 Å². The van der Waals surface area contributed by atoms with E-state index in [0.717, 1.165) is 22.5 Å². The maximum Gasteiger partial charge on any atom is 0.134 e. The van der Waals surface area contributed by atoms with Crippen LogP contribution < -0.4 is 4.74 Å². The zero-order chi connectivity index (χ0) is 16.6. The Hall–Kier alpha value is -1.59. The monoisotopic (exact) mass is 333 g/mol. The molecule has 1 aliphatic heterocycles. The van der Waals surface area contributed by atoms with Crippen LogP contribution in [0.3, 0.4) is 0 Å². The maximum atomic E-state index is 9.55. The van der Waals surface area contributed by atoms with Crippen molar-refractivity contribution in [1.82, 2.24) is 4.90 Å². The van der Waals surface area contributed by atoms with E-state index in [2.05, 4.69) is 18.0 Å². The Kier molecular flexibility index (Phi) is 4.34. The van der Waals surface area contributed by atoms with E-state index in [1.54, 1.807) is 11.8 Å². The normalized spacial score (nSPS) is 18.6. The smallest absolute Gasteiger partial charge is 0.134 e. The van der Waals surface area contributed by atoms with E-state index in [0.29, 0.717) is 12.0 Å². The molecule has 2 heterocycles. The van der Waals surface area contributed by atoms with Gasteiger partial charge in [0.2, 0.25) is 0 Å². The van der Waals surface area contributed by atoms with Crippen LogP contribution in [0.2, 0.25) is 0 Å². The molecule has 3 rings (SSSR count). The largest absolute Gasteiger partial charge is 0.488 e. The van der Waals surface area contributed by atoms with Gasteiger partial charge in [-0.25, -0.2) is 0 Å². The molecular weight excluding hydrogens is 310 g/mol. The fourth-order valence-electron chi connectivity index (χ4n) is 2.78. The third-order valence-corrected chi connectivity index (χ3v) is 5.17. The van der Waals surface area contributed by atoms with Gasteiger partial charge in [0, 0.05) is 16.5 Å². The van der Waals surface area contributed by atoms with E-state index < -0.39 is 0 Å². The van der Waals surface area contributed by atoms with Crippen LogP contribution in [0.25, 0.3) is 11.0 Å². The number of aryl methyl sites for hydroxylation is 1. The Morgan fingerprint density at radius 2 is 2.13 bits per heavy atom. The minimum absolute atomic E-state index is 0.124. The Bertz CT molecular complexity index is 735. The van der Waals surface area contributed by atoms with Crippen LogP contribution in [-0.2, 0) is 0 Å². The van der Waals surface area contributed by atoms with Crippen LogP contribution >= 0.6 is 11.8 Å². The zero-order valence-electron chi connectivity index (χ0n) is 14.0. The molecule has 0 saturated heterocycles. The molecule has 1 aromatic carbocycles. The van der Waals surface area contributed by atoms with Crippen LogP contribution in [-0.4, -0.2) is 34.1 Å². The molecule has 4 nitrogen and oxygen atoms in total. The van der Waals surface area contributed by atoms with E-state index in [9.17, 15) is 5.11 Å². The third-order valence-electron chi connectivity index (χ3n) is 4.07. The van der Waals surface area contributed by atoms with Crippen molar-refractivity contribution < 1.29 is 14.3 Å². The number of ether oxygens (including phenoxy) is 1. The lowest BCUT2D eigenvalue weighted by molar-refractivity contribution is 0.0938. The summed E-state index contributed by atoms with van der Waals surface area (Å²) < 4.78 is 11.5. The summed E-state index contributed by atoms with van der Waals surface area (Å²) in [7, 11) is 0. The molecule has 5 heteroatoms. The summed E-state index contributed by atoms with van der Waals surface area (Å²) in [6.07, 6.45) is 2.10. The van der Waals surface area contributed by atoms with Crippen molar-refractivity contribution >= 4 is 22.7 Å². The van der Waals surface area contributed by atoms with Crippen molar-refractivity contribution in [3.8, 4) is 5.75 Å². The van der Waals surface area contributed by atoms with Gasteiger partial charge in [-0.3, -0.25) is 0 Å². The molecule has 23 heavy (non-hydrogen) atoms. The minimum atomic E-state index is -0.263. The van der Waals surface area contributed by atoms with Gasteiger partial charge in [0.05, 0.1) is 17.5 Å². The summed E-state index contributed by atoms with van der Waals surface area (Å²) >= 11 is 1.78. The van der Waals surface area contributed by atoms with Crippen LogP contribution in [0.15, 0.2) is 39.8 Å². The quantitative estimate of drug-likeness (QED) is 0.891. The van der Waals surface area contributed by atoms with E-state index in [4.69, 9.17) is 9.15 Å². The number of thioether (sulfide) groups is 1. The molecule has 0 saturated carbocycles. The van der Waals surface area contributed by atoms with E-state index in [1.165, 1.54) is 4.91 Å². The second kappa shape index (κ2) is 6.13. The second-order valence-corrected chi connectivity index (χ2v) is 7.98. The molecule has 0 bridgehead atoms. The van der Waals surface area contributed by atoms with Crippen molar-refractivity contribution in [3.05, 3.63) is 41.1 Å². The molecule has 124 valence electrons. The first-order valence-corrected chi connectivity index (χ1v) is 8.67. The first kappa shape index (κ1) is 16.3. The number of hydrogen-bond acceptors (Lipinski definition) is 5. The summed E-state index contributed by atoms with van der Waals surface area (Å²) in [5, 5.41) is 10.9. The highest BCUT2D eigenvalue weighted by Crippen LogP contribution is 2.37. The molecule has 1 aromatic heterocycles. The van der Waals surface area contributed by atoms with Crippen molar-refractivity contribution in [2.24, 2.45) is 0 Å². The van der Waals surface area contributed by atoms with E-state index in [-0.39, 0.29) is 12.1 Å². The standard InChI is InChI=1S/C18H23NO3S/c1-12-7-14-8-15(5-6-17(14)22-12)21-10-16-9-19(13(2)23-16)18(3,4)11-20/h5-9,13,20H,10-11H2,1-4H3. The first-order chi connectivity index (χ1) is 10.9. The lowest BCUT2D eigenvalue weighted by atomic mass is 10.1. The highest BCUT2D eigenvalue weighted by molar-refractivity contribution is 8.03. The fraction of sp³-hybridized carbons (Fsp3) is 0.444. The van der Waals surface area contributed by atoms with Gasteiger partial charge in [0.25, 0.3) is 0 Å². The summed E-state index contributed by atoms with van der Waals surface area (Å²) in [4.78, 5) is 3.36. The average molecular weight is 333 g/mol. The zero-order valence-corrected chi connectivity index (χ0v) is 14.8. The maximum absolute atomic E-state index is 9.55. The second-order valence-electron chi connectivity index (χ2n) is 6.54. The molecule has 1 unspecified atom stereocenters. The molecule has 1 atom stereocenters. The number of fused-ring (bicyclic) bond motifs is 1. The first-order valence-electron chi connectivity index (χ1n) is 7.79. The van der Waals surface area contributed by atoms with Gasteiger partial charge in [0.1, 0.15) is 23.7 Å². The van der Waals surface area contributed by atoms with Gasteiger partial charge in [-0.05, 0) is 52.0 Å². The summed E-state index contributed by atoms with van der Waals surface area (Å²) in [5.41, 5.74) is 0.621. The molecule has 0 aliphatic carbocycles. The summed E-state index contributed by atoms with van der Waals surface area (Å²) in [5.74, 6) is 1.74. The van der Waals surface area contributed by atoms with Crippen LogP contribution in [0, 0.1) is 6.92 Å². The van der Waals surface area contributed by atoms with Crippen molar-refractivity contribution in [2.75, 3.05) is 13.2 Å². The molecule has 1 aliphatic rings. The van der Waals surface area contributed by atoms with Crippen molar-refractivity contribution in [3.63, 3.8) is 0 Å². The van der Waals surface area contributed by atoms with Crippen LogP contribution in [0.1, 0.15) is 26.5 Å². The summed E-state index contributed by atoms with van der Waals surface area (Å²) in [6, 6.07) is 7.90. The number of hydrogen-bond donors (Lipinski definition) is 1. The highest BCUT2D eigenvalue weighted by Gasteiger charge is 2.32. The molecule has 0 radical (unpaired) electrons. The number of aliphatic hydroxyl groups excluding tert-OH is 1. The van der Waals surface area contributed by atoms with Gasteiger partial charge in [-0.15, -0.1) is 11.8 Å². The molecule has 0 fully saturated rings. The average Bonchev–Trinajstić information content (AvgIpc) is 3.06. The van der Waals surface area contributed by atoms with Gasteiger partial charge in [0.15, 0.2) is 0 Å². The number of rotatable bonds is 5. The number of aliphatic hydroxyl groups is 1. The van der Waals surface area contributed by atoms with E-state index in [1.807, 2.05) is 45.0 Å². The Morgan fingerprint density at radius 3 is 2.87 bits per heavy atom. The molecule has 0 spiro atoms.